The minimum Gasteiger partial charge on any atom is -0.493 e. The number of piperidine rings is 2. The molecule has 4 rings (SSSR count). The molecule has 8 heteroatoms. The summed E-state index contributed by atoms with van der Waals surface area (Å²) in [5.41, 5.74) is 1.04. The zero-order valence-corrected chi connectivity index (χ0v) is 21.9. The van der Waals surface area contributed by atoms with Gasteiger partial charge >= 0.3 is 5.97 Å². The Morgan fingerprint density at radius 1 is 0.833 bits per heavy atom. The molecule has 3 aliphatic rings. The van der Waals surface area contributed by atoms with Crippen molar-refractivity contribution in [2.45, 2.75) is 57.8 Å². The SMILES string of the molecule is CCOC(=O)[C@@H]1CCCN(C(=O)[C@H]2C[C@H](c3ccc(OC)c(OC)c3)CN(C(=O)C3CCCC3)C2)C1. The van der Waals surface area contributed by atoms with Gasteiger partial charge in [0.1, 0.15) is 0 Å². The number of carbonyl (C=O) groups excluding carboxylic acids is 3. The lowest BCUT2D eigenvalue weighted by Gasteiger charge is -2.41. The van der Waals surface area contributed by atoms with Gasteiger partial charge in [0.25, 0.3) is 0 Å². The molecule has 0 bridgehead atoms. The average Bonchev–Trinajstić information content (AvgIpc) is 3.47. The monoisotopic (exact) mass is 500 g/mol. The third-order valence-corrected chi connectivity index (χ3v) is 8.05. The van der Waals surface area contributed by atoms with E-state index in [2.05, 4.69) is 0 Å². The summed E-state index contributed by atoms with van der Waals surface area (Å²) < 4.78 is 16.1. The fourth-order valence-electron chi connectivity index (χ4n) is 6.13. The lowest BCUT2D eigenvalue weighted by atomic mass is 9.82. The van der Waals surface area contributed by atoms with E-state index in [-0.39, 0.29) is 41.5 Å². The summed E-state index contributed by atoms with van der Waals surface area (Å²) in [6, 6.07) is 5.86. The smallest absolute Gasteiger partial charge is 0.310 e. The van der Waals surface area contributed by atoms with E-state index in [0.717, 1.165) is 44.1 Å². The number of methoxy groups -OCH3 is 2. The standard InChI is InChI=1S/C28H40N2O6/c1-4-36-28(33)21-10-7-13-29(16-21)27(32)23-14-22(20-11-12-24(34-2)25(15-20)35-3)17-30(18-23)26(31)19-8-5-6-9-19/h11-12,15,19,21-23H,4-10,13-14,16-18H2,1-3H3/t21-,22+,23+/m1/s1. The van der Waals surface area contributed by atoms with E-state index < -0.39 is 0 Å². The molecule has 1 saturated carbocycles. The van der Waals surface area contributed by atoms with E-state index in [1.54, 1.807) is 21.1 Å². The van der Waals surface area contributed by atoms with Crippen LogP contribution in [-0.2, 0) is 19.1 Å². The Kier molecular flexibility index (Phi) is 8.75. The highest BCUT2D eigenvalue weighted by atomic mass is 16.5. The van der Waals surface area contributed by atoms with Gasteiger partial charge in [-0.25, -0.2) is 0 Å². The first-order valence-electron chi connectivity index (χ1n) is 13.4. The maximum atomic E-state index is 13.8. The molecule has 1 aromatic rings. The van der Waals surface area contributed by atoms with E-state index in [1.165, 1.54) is 0 Å². The lowest BCUT2D eigenvalue weighted by Crippen LogP contribution is -2.52. The Balaban J connectivity index is 1.55. The molecular weight excluding hydrogens is 460 g/mol. The third kappa shape index (κ3) is 5.79. The van der Waals surface area contributed by atoms with Crippen LogP contribution in [0.5, 0.6) is 11.5 Å². The molecule has 0 aromatic heterocycles. The summed E-state index contributed by atoms with van der Waals surface area (Å²) in [6.45, 7) is 4.22. The van der Waals surface area contributed by atoms with Crippen molar-refractivity contribution in [3.05, 3.63) is 23.8 Å². The number of hydrogen-bond donors (Lipinski definition) is 0. The Labute approximate surface area is 214 Å². The van der Waals surface area contributed by atoms with Crippen LogP contribution in [0, 0.1) is 17.8 Å². The number of carbonyl (C=O) groups is 3. The lowest BCUT2D eigenvalue weighted by molar-refractivity contribution is -0.152. The maximum Gasteiger partial charge on any atom is 0.310 e. The predicted molar refractivity (Wildman–Crippen MR) is 135 cm³/mol. The highest BCUT2D eigenvalue weighted by Gasteiger charge is 2.40. The second-order valence-corrected chi connectivity index (χ2v) is 10.3. The zero-order valence-electron chi connectivity index (χ0n) is 21.9. The number of amides is 2. The van der Waals surface area contributed by atoms with Crippen molar-refractivity contribution in [3.63, 3.8) is 0 Å². The molecule has 198 valence electrons. The van der Waals surface area contributed by atoms with E-state index in [1.807, 2.05) is 28.0 Å². The summed E-state index contributed by atoms with van der Waals surface area (Å²) in [5.74, 6) is 0.799. The molecule has 0 spiro atoms. The minimum atomic E-state index is -0.303. The molecule has 0 radical (unpaired) electrons. The van der Waals surface area contributed by atoms with Crippen LogP contribution in [-0.4, -0.2) is 74.6 Å². The van der Waals surface area contributed by atoms with Gasteiger partial charge < -0.3 is 24.0 Å². The molecule has 36 heavy (non-hydrogen) atoms. The molecular formula is C28H40N2O6. The Morgan fingerprint density at radius 3 is 2.19 bits per heavy atom. The largest absolute Gasteiger partial charge is 0.493 e. The highest BCUT2D eigenvalue weighted by molar-refractivity contribution is 5.83. The van der Waals surface area contributed by atoms with E-state index in [0.29, 0.717) is 50.7 Å². The van der Waals surface area contributed by atoms with Crippen LogP contribution in [0.15, 0.2) is 18.2 Å². The molecule has 3 atom stereocenters. The second-order valence-electron chi connectivity index (χ2n) is 10.3. The maximum absolute atomic E-state index is 13.8. The van der Waals surface area contributed by atoms with Gasteiger partial charge in [-0.05, 0) is 56.7 Å². The van der Waals surface area contributed by atoms with Gasteiger partial charge in [0.05, 0.1) is 32.7 Å². The predicted octanol–water partition coefficient (Wildman–Crippen LogP) is 3.63. The van der Waals surface area contributed by atoms with Crippen LogP contribution in [0.2, 0.25) is 0 Å². The summed E-state index contributed by atoms with van der Waals surface area (Å²) >= 11 is 0. The molecule has 0 N–H and O–H groups in total. The van der Waals surface area contributed by atoms with Gasteiger partial charge in [0, 0.05) is 38.0 Å². The van der Waals surface area contributed by atoms with Crippen molar-refractivity contribution >= 4 is 17.8 Å². The van der Waals surface area contributed by atoms with Crippen LogP contribution < -0.4 is 9.47 Å². The minimum absolute atomic E-state index is 0.0171. The number of esters is 1. The van der Waals surface area contributed by atoms with Crippen molar-refractivity contribution < 1.29 is 28.6 Å². The molecule has 1 aromatic carbocycles. The van der Waals surface area contributed by atoms with Crippen LogP contribution >= 0.6 is 0 Å². The fourth-order valence-corrected chi connectivity index (χ4v) is 6.13. The first-order chi connectivity index (χ1) is 17.4. The number of rotatable bonds is 7. The van der Waals surface area contributed by atoms with Crippen LogP contribution in [0.3, 0.4) is 0 Å². The first kappa shape index (κ1) is 26.3. The fraction of sp³-hybridized carbons (Fsp3) is 0.679. The van der Waals surface area contributed by atoms with Gasteiger partial charge in [-0.2, -0.15) is 0 Å². The molecule has 2 aliphatic heterocycles. The van der Waals surface area contributed by atoms with E-state index in [4.69, 9.17) is 14.2 Å². The zero-order chi connectivity index (χ0) is 25.7. The van der Waals surface area contributed by atoms with Gasteiger partial charge in [0.15, 0.2) is 11.5 Å². The van der Waals surface area contributed by atoms with E-state index in [9.17, 15) is 14.4 Å². The molecule has 8 nitrogen and oxygen atoms in total. The van der Waals surface area contributed by atoms with Crippen LogP contribution in [0.25, 0.3) is 0 Å². The normalized spacial score (nSPS) is 24.9. The summed E-state index contributed by atoms with van der Waals surface area (Å²) in [4.78, 5) is 43.3. The van der Waals surface area contributed by atoms with Gasteiger partial charge in [-0.3, -0.25) is 14.4 Å². The number of nitrogens with zero attached hydrogens (tertiary/aromatic N) is 2. The van der Waals surface area contributed by atoms with E-state index >= 15 is 0 Å². The summed E-state index contributed by atoms with van der Waals surface area (Å²) in [6.07, 6.45) is 6.23. The Bertz CT molecular complexity index is 944. The molecule has 1 aliphatic carbocycles. The van der Waals surface area contributed by atoms with Gasteiger partial charge in [-0.15, -0.1) is 0 Å². The molecule has 2 amide bonds. The van der Waals surface area contributed by atoms with Crippen LogP contribution in [0.1, 0.15) is 63.4 Å². The van der Waals surface area contributed by atoms with Crippen molar-refractivity contribution in [1.82, 2.24) is 9.80 Å². The molecule has 3 fully saturated rings. The molecule has 0 unspecified atom stereocenters. The number of benzene rings is 1. The highest BCUT2D eigenvalue weighted by Crippen LogP contribution is 2.38. The topological polar surface area (TPSA) is 85.4 Å². The summed E-state index contributed by atoms with van der Waals surface area (Å²) in [7, 11) is 3.22. The van der Waals surface area contributed by atoms with Crippen LogP contribution in [0.4, 0.5) is 0 Å². The quantitative estimate of drug-likeness (QED) is 0.532. The third-order valence-electron chi connectivity index (χ3n) is 8.05. The van der Waals surface area contributed by atoms with Gasteiger partial charge in [0.2, 0.25) is 11.8 Å². The second kappa shape index (κ2) is 12.0. The first-order valence-corrected chi connectivity index (χ1v) is 13.4. The average molecular weight is 501 g/mol. The van der Waals surface area contributed by atoms with Gasteiger partial charge in [-0.1, -0.05) is 18.9 Å². The van der Waals surface area contributed by atoms with Crippen molar-refractivity contribution in [2.75, 3.05) is 47.0 Å². The van der Waals surface area contributed by atoms with Crippen molar-refractivity contribution in [2.24, 2.45) is 17.8 Å². The number of ether oxygens (including phenoxy) is 3. The Hall–Kier alpha value is -2.77. The van der Waals surface area contributed by atoms with Crippen molar-refractivity contribution in [1.29, 1.82) is 0 Å². The number of likely N-dealkylation sites (tertiary alicyclic amines) is 2. The number of hydrogen-bond acceptors (Lipinski definition) is 6. The van der Waals surface area contributed by atoms with Crippen molar-refractivity contribution in [3.8, 4) is 11.5 Å². The molecule has 2 heterocycles. The molecule has 2 saturated heterocycles. The summed E-state index contributed by atoms with van der Waals surface area (Å²) in [5, 5.41) is 0. The Morgan fingerprint density at radius 2 is 1.50 bits per heavy atom.